The van der Waals surface area contributed by atoms with Crippen LogP contribution in [0.1, 0.15) is 47.1 Å². The third-order valence-corrected chi connectivity index (χ3v) is 11.5. The summed E-state index contributed by atoms with van der Waals surface area (Å²) in [6.45, 7) is 1.47. The molecule has 15 heteroatoms. The number of hydrogen-bond donors (Lipinski definition) is 2. The van der Waals surface area contributed by atoms with Gasteiger partial charge in [0.2, 0.25) is 0 Å². The molecule has 0 bridgehead atoms. The molecule has 278 valence electrons. The van der Waals surface area contributed by atoms with E-state index in [1.54, 1.807) is 54.6 Å². The highest BCUT2D eigenvalue weighted by Gasteiger charge is 2.71. The summed E-state index contributed by atoms with van der Waals surface area (Å²) in [5.74, 6) is -7.15. The summed E-state index contributed by atoms with van der Waals surface area (Å²) in [6, 6.07) is 21.0. The van der Waals surface area contributed by atoms with E-state index >= 15 is 4.79 Å². The Morgan fingerprint density at radius 1 is 0.963 bits per heavy atom. The second kappa shape index (κ2) is 12.8. The van der Waals surface area contributed by atoms with E-state index in [9.17, 15) is 32.7 Å². The summed E-state index contributed by atoms with van der Waals surface area (Å²) in [6.07, 6.45) is -2.95. The number of aliphatic hydroxyl groups is 1. The van der Waals surface area contributed by atoms with Crippen molar-refractivity contribution in [1.29, 1.82) is 0 Å². The minimum absolute atomic E-state index is 0.0122. The van der Waals surface area contributed by atoms with Crippen molar-refractivity contribution < 1.29 is 41.9 Å². The Labute approximate surface area is 311 Å². The number of aryl methyl sites for hydroxylation is 1. The molecule has 2 aliphatic carbocycles. The number of imide groups is 2. The average Bonchev–Trinajstić information content (AvgIpc) is 3.80. The highest BCUT2D eigenvalue weighted by Crippen LogP contribution is 2.64. The van der Waals surface area contributed by atoms with Gasteiger partial charge >= 0.3 is 6.18 Å². The molecular weight excluding hydrogens is 727 g/mol. The van der Waals surface area contributed by atoms with Crippen molar-refractivity contribution >= 4 is 46.7 Å². The third kappa shape index (κ3) is 5.25. The summed E-state index contributed by atoms with van der Waals surface area (Å²) in [4.78, 5) is 62.1. The number of fused-ring (bicyclic) bond motifs is 4. The van der Waals surface area contributed by atoms with Crippen LogP contribution in [0.25, 0.3) is 0 Å². The Hall–Kier alpha value is -5.47. The maximum atomic E-state index is 15.1. The number of carbonyl (C=O) groups is 4. The smallest absolute Gasteiger partial charge is 0.433 e. The first-order chi connectivity index (χ1) is 25.8. The van der Waals surface area contributed by atoms with Crippen LogP contribution in [-0.2, 0) is 37.4 Å². The number of rotatable bonds is 7. The van der Waals surface area contributed by atoms with Crippen molar-refractivity contribution in [3.05, 3.63) is 124 Å². The minimum Gasteiger partial charge on any atom is -0.463 e. The third-order valence-electron chi connectivity index (χ3n) is 11.2. The van der Waals surface area contributed by atoms with E-state index in [1.807, 2.05) is 25.1 Å². The number of nitrogens with one attached hydrogen (secondary N) is 1. The lowest BCUT2D eigenvalue weighted by Gasteiger charge is -2.49. The normalized spacial score (nSPS) is 26.4. The molecule has 3 fully saturated rings. The summed E-state index contributed by atoms with van der Waals surface area (Å²) >= 11 is 6.28. The Morgan fingerprint density at radius 2 is 1.69 bits per heavy atom. The number of pyridine rings is 1. The molecule has 0 spiro atoms. The molecule has 8 rings (SSSR count). The highest BCUT2D eigenvalue weighted by atomic mass is 35.5. The lowest BCUT2D eigenvalue weighted by Crippen LogP contribution is -2.53. The van der Waals surface area contributed by atoms with Gasteiger partial charge < -0.3 is 9.52 Å². The van der Waals surface area contributed by atoms with Crippen LogP contribution in [0.2, 0.25) is 5.02 Å². The summed E-state index contributed by atoms with van der Waals surface area (Å²) in [5, 5.41) is 12.5. The molecule has 6 unspecified atom stereocenters. The van der Waals surface area contributed by atoms with Gasteiger partial charge in [-0.05, 0) is 67.6 Å². The van der Waals surface area contributed by atoms with Crippen LogP contribution >= 0.6 is 11.6 Å². The molecule has 54 heavy (non-hydrogen) atoms. The molecule has 2 aromatic carbocycles. The highest BCUT2D eigenvalue weighted by molar-refractivity contribution is 6.33. The molecule has 6 atom stereocenters. The zero-order chi connectivity index (χ0) is 38.3. The fraction of sp³-hybridized carbons (Fsp3) is 0.308. The van der Waals surface area contributed by atoms with Gasteiger partial charge in [-0.2, -0.15) is 23.2 Å². The number of hydrogen-bond acceptors (Lipinski definition) is 9. The molecule has 4 heterocycles. The van der Waals surface area contributed by atoms with Crippen LogP contribution < -0.4 is 10.4 Å². The van der Waals surface area contributed by atoms with E-state index in [4.69, 9.17) is 16.0 Å². The van der Waals surface area contributed by atoms with E-state index in [1.165, 1.54) is 7.05 Å². The van der Waals surface area contributed by atoms with Crippen molar-refractivity contribution in [2.75, 3.05) is 17.5 Å². The molecule has 2 aromatic heterocycles. The summed E-state index contributed by atoms with van der Waals surface area (Å²) < 4.78 is 47.1. The molecule has 2 N–H and O–H groups in total. The van der Waals surface area contributed by atoms with Crippen molar-refractivity contribution in [3.63, 3.8) is 0 Å². The van der Waals surface area contributed by atoms with E-state index in [0.717, 1.165) is 26.7 Å². The number of aliphatic hydroxyl groups excluding tert-OH is 1. The van der Waals surface area contributed by atoms with Gasteiger partial charge in [0.15, 0.2) is 5.82 Å². The number of carbonyl (C=O) groups excluding carboxylic acids is 4. The Balaban J connectivity index is 1.26. The number of amides is 4. The van der Waals surface area contributed by atoms with Crippen LogP contribution in [0.4, 0.5) is 24.7 Å². The van der Waals surface area contributed by atoms with Gasteiger partial charge in [0.05, 0.1) is 34.4 Å². The van der Waals surface area contributed by atoms with Crippen molar-refractivity contribution in [1.82, 2.24) is 15.0 Å². The number of anilines is 2. The quantitative estimate of drug-likeness (QED) is 0.167. The van der Waals surface area contributed by atoms with E-state index in [-0.39, 0.29) is 29.4 Å². The van der Waals surface area contributed by atoms with Crippen molar-refractivity contribution in [3.8, 4) is 0 Å². The lowest BCUT2D eigenvalue weighted by atomic mass is 9.50. The van der Waals surface area contributed by atoms with E-state index in [2.05, 4.69) is 10.4 Å². The SMILES string of the molecule is Cc1ccc(NN2C(=O)C3CC4C(=CCC5C(=O)N(N(C)c6nc(C(F)(F)F)ccc6Cl)C(=O)C54)C(c4ccc(CO)o4)C3(c3ccccc3)C2=O)cc1. The molecule has 0 radical (unpaired) electrons. The fourth-order valence-electron chi connectivity index (χ4n) is 8.88. The topological polar surface area (TPSA) is 136 Å². The van der Waals surface area contributed by atoms with E-state index in [0.29, 0.717) is 22.9 Å². The number of halogens is 4. The number of allylic oxidation sites excluding steroid dienone is 2. The molecule has 4 aromatic rings. The van der Waals surface area contributed by atoms with Crippen LogP contribution in [0.15, 0.2) is 94.9 Å². The second-order valence-corrected chi connectivity index (χ2v) is 14.5. The largest absolute Gasteiger partial charge is 0.463 e. The number of hydrazine groups is 2. The fourth-order valence-corrected chi connectivity index (χ4v) is 9.11. The summed E-state index contributed by atoms with van der Waals surface area (Å²) in [7, 11) is 1.24. The first-order valence-electron chi connectivity index (χ1n) is 17.3. The maximum Gasteiger partial charge on any atom is 0.433 e. The first-order valence-corrected chi connectivity index (χ1v) is 17.7. The predicted octanol–water partition coefficient (Wildman–Crippen LogP) is 6.18. The molecule has 2 saturated heterocycles. The predicted molar refractivity (Wildman–Crippen MR) is 188 cm³/mol. The zero-order valence-electron chi connectivity index (χ0n) is 28.9. The Kier molecular flexibility index (Phi) is 8.45. The molecule has 4 aliphatic rings. The Bertz CT molecular complexity index is 2230. The van der Waals surface area contributed by atoms with E-state index < -0.39 is 82.9 Å². The maximum absolute atomic E-state index is 15.1. The standard InChI is InChI=1S/C39H33ClF3N5O6/c1-20-8-10-22(11-9-20)45-47-35(51)27-18-26-24(32(29-16-12-23(19-49)54-29)38(27,37(47)53)21-6-4-3-5-7-21)13-14-25-31(26)36(52)48(34(25)50)46(2)33-28(40)15-17-30(44-33)39(41,42)43/h3-13,15-17,25-27,31-32,45,49H,14,18-19H2,1-2H3. The van der Waals surface area contributed by atoms with Crippen LogP contribution in [0.3, 0.4) is 0 Å². The lowest BCUT2D eigenvalue weighted by molar-refractivity contribution is -0.142. The van der Waals surface area contributed by atoms with Gasteiger partial charge in [-0.25, -0.2) is 4.98 Å². The molecule has 1 saturated carbocycles. The number of benzene rings is 2. The minimum atomic E-state index is -4.82. The van der Waals surface area contributed by atoms with Crippen LogP contribution in [-0.4, -0.2) is 50.8 Å². The zero-order valence-corrected chi connectivity index (χ0v) is 29.6. The first kappa shape index (κ1) is 35.6. The average molecular weight is 760 g/mol. The summed E-state index contributed by atoms with van der Waals surface area (Å²) in [5.41, 5.74) is 2.80. The number of furan rings is 1. The van der Waals surface area contributed by atoms with Gasteiger partial charge in [0.1, 0.15) is 29.2 Å². The van der Waals surface area contributed by atoms with Gasteiger partial charge in [-0.3, -0.25) is 29.6 Å². The monoisotopic (exact) mass is 759 g/mol. The molecule has 11 nitrogen and oxygen atoms in total. The molecular formula is C39H33ClF3N5O6. The van der Waals surface area contributed by atoms with Gasteiger partial charge in [-0.1, -0.05) is 71.3 Å². The van der Waals surface area contributed by atoms with Crippen molar-refractivity contribution in [2.45, 2.75) is 43.9 Å². The molecule has 4 amide bonds. The van der Waals surface area contributed by atoms with Gasteiger partial charge in [0, 0.05) is 7.05 Å². The van der Waals surface area contributed by atoms with Crippen LogP contribution in [0, 0.1) is 30.6 Å². The van der Waals surface area contributed by atoms with Crippen LogP contribution in [0.5, 0.6) is 0 Å². The van der Waals surface area contributed by atoms with Gasteiger partial charge in [-0.15, -0.1) is 0 Å². The van der Waals surface area contributed by atoms with Gasteiger partial charge in [0.25, 0.3) is 23.6 Å². The number of alkyl halides is 3. The molecule has 2 aliphatic heterocycles. The van der Waals surface area contributed by atoms with Crippen molar-refractivity contribution in [2.24, 2.45) is 23.7 Å². The number of nitrogens with zero attached hydrogens (tertiary/aromatic N) is 4. The second-order valence-electron chi connectivity index (χ2n) is 14.1. The number of aromatic nitrogens is 1. The Morgan fingerprint density at radius 3 is 2.35 bits per heavy atom.